The van der Waals surface area contributed by atoms with Crippen LogP contribution in [0.2, 0.25) is 0 Å². The zero-order chi connectivity index (χ0) is 13.7. The fourth-order valence-electron chi connectivity index (χ4n) is 1.98. The second-order valence-electron chi connectivity index (χ2n) is 4.41. The molecule has 3 heteroatoms. The number of hydrogen-bond donors (Lipinski definition) is 1. The molecule has 0 unspecified atom stereocenters. The minimum absolute atomic E-state index is 0.687. The van der Waals surface area contributed by atoms with E-state index >= 15 is 0 Å². The zero-order valence-electron chi connectivity index (χ0n) is 11.0. The van der Waals surface area contributed by atoms with Gasteiger partial charge in [0.05, 0.1) is 11.6 Å². The van der Waals surface area contributed by atoms with E-state index in [0.717, 1.165) is 24.5 Å². The number of nitrogen functional groups attached to an aromatic ring is 1. The minimum Gasteiger partial charge on any atom is -0.399 e. The van der Waals surface area contributed by atoms with Crippen molar-refractivity contribution in [3.63, 3.8) is 0 Å². The molecule has 0 fully saturated rings. The van der Waals surface area contributed by atoms with Gasteiger partial charge in [0.25, 0.3) is 0 Å². The maximum absolute atomic E-state index is 8.81. The van der Waals surface area contributed by atoms with Crippen molar-refractivity contribution in [2.75, 3.05) is 17.2 Å². The van der Waals surface area contributed by atoms with Gasteiger partial charge >= 0.3 is 0 Å². The first kappa shape index (κ1) is 13.0. The van der Waals surface area contributed by atoms with E-state index in [-0.39, 0.29) is 0 Å². The quantitative estimate of drug-likeness (QED) is 0.849. The Balaban J connectivity index is 2.15. The first-order valence-corrected chi connectivity index (χ1v) is 6.32. The van der Waals surface area contributed by atoms with Crippen molar-refractivity contribution in [3.05, 3.63) is 59.7 Å². The lowest BCUT2D eigenvalue weighted by Gasteiger charge is -2.23. The lowest BCUT2D eigenvalue weighted by Crippen LogP contribution is -2.21. The second kappa shape index (κ2) is 5.92. The van der Waals surface area contributed by atoms with Crippen molar-refractivity contribution in [2.45, 2.75) is 13.5 Å². The maximum atomic E-state index is 8.81. The molecule has 0 saturated heterocycles. The molecule has 0 aliphatic carbocycles. The van der Waals surface area contributed by atoms with Gasteiger partial charge < -0.3 is 10.6 Å². The molecule has 0 spiro atoms. The molecule has 0 aromatic heterocycles. The van der Waals surface area contributed by atoms with Gasteiger partial charge in [0.2, 0.25) is 0 Å². The van der Waals surface area contributed by atoms with E-state index in [0.29, 0.717) is 5.56 Å². The molecular weight excluding hydrogens is 234 g/mol. The number of nitrogens with two attached hydrogens (primary N) is 1. The predicted octanol–water partition coefficient (Wildman–Crippen LogP) is 3.17. The summed E-state index contributed by atoms with van der Waals surface area (Å²) in [5, 5.41) is 8.81. The smallest absolute Gasteiger partial charge is 0.0991 e. The third kappa shape index (κ3) is 3.26. The summed E-state index contributed by atoms with van der Waals surface area (Å²) < 4.78 is 0. The van der Waals surface area contributed by atoms with Crippen LogP contribution >= 0.6 is 0 Å². The molecule has 19 heavy (non-hydrogen) atoms. The van der Waals surface area contributed by atoms with E-state index < -0.39 is 0 Å². The standard InChI is InChI=1S/C16H17N3/c1-2-19(12-14-3-7-15(18)8-4-14)16-9-5-13(11-17)6-10-16/h3-10H,2,12,18H2,1H3. The highest BCUT2D eigenvalue weighted by Gasteiger charge is 2.05. The van der Waals surface area contributed by atoms with Gasteiger partial charge in [-0.05, 0) is 48.9 Å². The zero-order valence-corrected chi connectivity index (χ0v) is 11.0. The van der Waals surface area contributed by atoms with E-state index in [1.54, 1.807) is 0 Å². The molecule has 0 heterocycles. The van der Waals surface area contributed by atoms with E-state index in [9.17, 15) is 0 Å². The monoisotopic (exact) mass is 251 g/mol. The van der Waals surface area contributed by atoms with Gasteiger partial charge in [-0.25, -0.2) is 0 Å². The fourth-order valence-corrected chi connectivity index (χ4v) is 1.98. The van der Waals surface area contributed by atoms with Crippen LogP contribution in [-0.2, 0) is 6.54 Å². The van der Waals surface area contributed by atoms with Gasteiger partial charge in [0.1, 0.15) is 0 Å². The lowest BCUT2D eigenvalue weighted by atomic mass is 10.1. The number of nitrogens with zero attached hydrogens (tertiary/aromatic N) is 2. The van der Waals surface area contributed by atoms with Crippen molar-refractivity contribution in [2.24, 2.45) is 0 Å². The van der Waals surface area contributed by atoms with Crippen LogP contribution in [-0.4, -0.2) is 6.54 Å². The molecule has 0 bridgehead atoms. The number of benzene rings is 2. The van der Waals surface area contributed by atoms with E-state index in [1.165, 1.54) is 5.56 Å². The summed E-state index contributed by atoms with van der Waals surface area (Å²) in [5.74, 6) is 0. The Bertz CT molecular complexity index is 564. The molecule has 0 aliphatic rings. The van der Waals surface area contributed by atoms with Crippen molar-refractivity contribution in [1.29, 1.82) is 5.26 Å². The average Bonchev–Trinajstić information content (AvgIpc) is 2.47. The first-order valence-electron chi connectivity index (χ1n) is 6.32. The van der Waals surface area contributed by atoms with Crippen LogP contribution in [0.3, 0.4) is 0 Å². The number of anilines is 2. The Kier molecular flexibility index (Phi) is 4.04. The van der Waals surface area contributed by atoms with Crippen LogP contribution in [0, 0.1) is 11.3 Å². The fraction of sp³-hybridized carbons (Fsp3) is 0.188. The van der Waals surface area contributed by atoms with Crippen molar-refractivity contribution in [1.82, 2.24) is 0 Å². The average molecular weight is 251 g/mol. The van der Waals surface area contributed by atoms with Gasteiger partial charge in [-0.1, -0.05) is 12.1 Å². The normalized spacial score (nSPS) is 9.89. The summed E-state index contributed by atoms with van der Waals surface area (Å²) in [6.45, 7) is 3.87. The van der Waals surface area contributed by atoms with Crippen LogP contribution in [0.15, 0.2) is 48.5 Å². The van der Waals surface area contributed by atoms with Gasteiger partial charge in [-0.2, -0.15) is 5.26 Å². The van der Waals surface area contributed by atoms with Crippen LogP contribution < -0.4 is 10.6 Å². The first-order chi connectivity index (χ1) is 9.22. The van der Waals surface area contributed by atoms with E-state index in [1.807, 2.05) is 48.5 Å². The van der Waals surface area contributed by atoms with Crippen LogP contribution in [0.4, 0.5) is 11.4 Å². The predicted molar refractivity (Wildman–Crippen MR) is 78.7 cm³/mol. The van der Waals surface area contributed by atoms with Crippen molar-refractivity contribution >= 4 is 11.4 Å². The SMILES string of the molecule is CCN(Cc1ccc(N)cc1)c1ccc(C#N)cc1. The molecule has 0 radical (unpaired) electrons. The highest BCUT2D eigenvalue weighted by molar-refractivity contribution is 5.50. The van der Waals surface area contributed by atoms with Gasteiger partial charge in [0, 0.05) is 24.5 Å². The number of rotatable bonds is 4. The summed E-state index contributed by atoms with van der Waals surface area (Å²) in [5.41, 5.74) is 9.50. The summed E-state index contributed by atoms with van der Waals surface area (Å²) in [6, 6.07) is 17.7. The molecule has 96 valence electrons. The van der Waals surface area contributed by atoms with Crippen LogP contribution in [0.5, 0.6) is 0 Å². The van der Waals surface area contributed by atoms with Crippen molar-refractivity contribution < 1.29 is 0 Å². The third-order valence-electron chi connectivity index (χ3n) is 3.10. The Morgan fingerprint density at radius 3 is 2.21 bits per heavy atom. The molecule has 2 N–H and O–H groups in total. The molecule has 0 saturated carbocycles. The third-order valence-corrected chi connectivity index (χ3v) is 3.10. The minimum atomic E-state index is 0.687. The second-order valence-corrected chi connectivity index (χ2v) is 4.41. The Hall–Kier alpha value is -2.47. The molecule has 0 amide bonds. The maximum Gasteiger partial charge on any atom is 0.0991 e. The molecule has 2 aromatic carbocycles. The van der Waals surface area contributed by atoms with Gasteiger partial charge in [-0.3, -0.25) is 0 Å². The van der Waals surface area contributed by atoms with Crippen molar-refractivity contribution in [3.8, 4) is 6.07 Å². The molecule has 3 nitrogen and oxygen atoms in total. The summed E-state index contributed by atoms with van der Waals surface area (Å²) in [7, 11) is 0. The van der Waals surface area contributed by atoms with Gasteiger partial charge in [0.15, 0.2) is 0 Å². The lowest BCUT2D eigenvalue weighted by molar-refractivity contribution is 0.832. The molecular formula is C16H17N3. The topological polar surface area (TPSA) is 53.0 Å². The molecule has 0 atom stereocenters. The molecule has 2 aromatic rings. The highest BCUT2D eigenvalue weighted by Crippen LogP contribution is 2.18. The van der Waals surface area contributed by atoms with E-state index in [2.05, 4.69) is 17.9 Å². The molecule has 2 rings (SSSR count). The van der Waals surface area contributed by atoms with Crippen LogP contribution in [0.25, 0.3) is 0 Å². The number of hydrogen-bond acceptors (Lipinski definition) is 3. The molecule has 0 aliphatic heterocycles. The Labute approximate surface area is 113 Å². The Morgan fingerprint density at radius 1 is 1.05 bits per heavy atom. The highest BCUT2D eigenvalue weighted by atomic mass is 15.1. The van der Waals surface area contributed by atoms with Crippen LogP contribution in [0.1, 0.15) is 18.1 Å². The summed E-state index contributed by atoms with van der Waals surface area (Å²) in [6.07, 6.45) is 0. The van der Waals surface area contributed by atoms with Gasteiger partial charge in [-0.15, -0.1) is 0 Å². The van der Waals surface area contributed by atoms with E-state index in [4.69, 9.17) is 11.0 Å². The number of nitriles is 1. The summed E-state index contributed by atoms with van der Waals surface area (Å²) in [4.78, 5) is 2.26. The largest absolute Gasteiger partial charge is 0.399 e. The Morgan fingerprint density at radius 2 is 1.68 bits per heavy atom. The summed E-state index contributed by atoms with van der Waals surface area (Å²) >= 11 is 0.